The fourth-order valence-corrected chi connectivity index (χ4v) is 3.48. The highest BCUT2D eigenvalue weighted by atomic mass is 16.5. The maximum atomic E-state index is 11.5. The number of likely N-dealkylation sites (tertiary alicyclic amines) is 1. The van der Waals surface area contributed by atoms with Crippen LogP contribution in [-0.4, -0.2) is 47.8 Å². The number of rotatable bonds is 5. The number of benzene rings is 1. The number of phenols is 1. The summed E-state index contributed by atoms with van der Waals surface area (Å²) >= 11 is 0. The number of aromatic hydroxyl groups is 1. The number of hydrogen-bond acceptors (Lipinski definition) is 5. The Morgan fingerprint density at radius 2 is 2.27 bits per heavy atom. The fourth-order valence-electron chi connectivity index (χ4n) is 3.48. The highest BCUT2D eigenvalue weighted by molar-refractivity contribution is 5.69. The highest BCUT2D eigenvalue weighted by Gasteiger charge is 2.49. The first-order chi connectivity index (χ1) is 10.5. The lowest BCUT2D eigenvalue weighted by Gasteiger charge is -2.47. The van der Waals surface area contributed by atoms with E-state index in [4.69, 9.17) is 9.47 Å². The molecule has 1 fully saturated rings. The molecule has 1 unspecified atom stereocenters. The first-order valence-corrected chi connectivity index (χ1v) is 7.88. The van der Waals surface area contributed by atoms with E-state index in [0.29, 0.717) is 13.0 Å². The number of hydrogen-bond donors (Lipinski definition) is 1. The van der Waals surface area contributed by atoms with Gasteiger partial charge in [0, 0.05) is 38.5 Å². The molecule has 2 heterocycles. The van der Waals surface area contributed by atoms with E-state index < -0.39 is 0 Å². The third-order valence-corrected chi connectivity index (χ3v) is 4.30. The van der Waals surface area contributed by atoms with Gasteiger partial charge in [-0.1, -0.05) is 13.0 Å². The van der Waals surface area contributed by atoms with Gasteiger partial charge in [-0.05, 0) is 24.5 Å². The number of fused-ring (bicyclic) bond motifs is 1. The van der Waals surface area contributed by atoms with Crippen molar-refractivity contribution in [3.63, 3.8) is 0 Å². The Kier molecular flexibility index (Phi) is 4.00. The standard InChI is InChI=1S/C17H23NO4/c1-3-21-16(20)6-12(2)9-18-10-17(11-18)8-13-4-5-14(19)7-15(13)22-17/h4-5,7,12,19H,3,6,8-11H2,1-2H3. The van der Waals surface area contributed by atoms with Gasteiger partial charge in [0.15, 0.2) is 0 Å². The normalized spacial score (nSPS) is 20.1. The van der Waals surface area contributed by atoms with E-state index in [9.17, 15) is 9.90 Å². The van der Waals surface area contributed by atoms with Gasteiger partial charge in [0.2, 0.25) is 0 Å². The first-order valence-electron chi connectivity index (χ1n) is 7.88. The Morgan fingerprint density at radius 1 is 1.50 bits per heavy atom. The van der Waals surface area contributed by atoms with Crippen LogP contribution >= 0.6 is 0 Å². The zero-order valence-electron chi connectivity index (χ0n) is 13.2. The van der Waals surface area contributed by atoms with Crippen molar-refractivity contribution in [3.8, 4) is 11.5 Å². The number of nitrogens with zero attached hydrogens (tertiary/aromatic N) is 1. The van der Waals surface area contributed by atoms with Gasteiger partial charge in [-0.15, -0.1) is 0 Å². The minimum atomic E-state index is -0.139. The van der Waals surface area contributed by atoms with Gasteiger partial charge in [-0.2, -0.15) is 0 Å². The van der Waals surface area contributed by atoms with Crippen molar-refractivity contribution in [3.05, 3.63) is 23.8 Å². The van der Waals surface area contributed by atoms with Crippen LogP contribution in [0, 0.1) is 5.92 Å². The molecule has 1 saturated heterocycles. The van der Waals surface area contributed by atoms with Crippen LogP contribution in [-0.2, 0) is 16.0 Å². The van der Waals surface area contributed by atoms with Gasteiger partial charge in [-0.25, -0.2) is 0 Å². The molecule has 1 aromatic carbocycles. The van der Waals surface area contributed by atoms with Crippen LogP contribution < -0.4 is 4.74 Å². The molecule has 0 aliphatic carbocycles. The molecule has 0 saturated carbocycles. The Bertz CT molecular complexity index is 566. The number of carbonyl (C=O) groups is 1. The minimum Gasteiger partial charge on any atom is -0.508 e. The number of ether oxygens (including phenoxy) is 2. The molecule has 2 aliphatic heterocycles. The zero-order chi connectivity index (χ0) is 15.7. The van der Waals surface area contributed by atoms with Gasteiger partial charge in [0.1, 0.15) is 17.1 Å². The summed E-state index contributed by atoms with van der Waals surface area (Å²) in [6.07, 6.45) is 1.36. The third-order valence-electron chi connectivity index (χ3n) is 4.30. The van der Waals surface area contributed by atoms with Crippen LogP contribution in [0.5, 0.6) is 11.5 Å². The summed E-state index contributed by atoms with van der Waals surface area (Å²) in [5, 5.41) is 9.52. The van der Waals surface area contributed by atoms with Gasteiger partial charge >= 0.3 is 5.97 Å². The van der Waals surface area contributed by atoms with Gasteiger partial charge in [0.25, 0.3) is 0 Å². The smallest absolute Gasteiger partial charge is 0.306 e. The molecule has 3 rings (SSSR count). The molecule has 1 N–H and O–H groups in total. The van der Waals surface area contributed by atoms with E-state index in [0.717, 1.165) is 37.4 Å². The molecule has 5 nitrogen and oxygen atoms in total. The maximum absolute atomic E-state index is 11.5. The largest absolute Gasteiger partial charge is 0.508 e. The third kappa shape index (κ3) is 3.04. The fraction of sp³-hybridized carbons (Fsp3) is 0.588. The summed E-state index contributed by atoms with van der Waals surface area (Å²) in [4.78, 5) is 13.8. The van der Waals surface area contributed by atoms with Crippen molar-refractivity contribution in [2.45, 2.75) is 32.3 Å². The van der Waals surface area contributed by atoms with Crippen LogP contribution in [0.4, 0.5) is 0 Å². The van der Waals surface area contributed by atoms with Gasteiger partial charge < -0.3 is 14.6 Å². The second-order valence-corrected chi connectivity index (χ2v) is 6.54. The molecule has 5 heteroatoms. The lowest BCUT2D eigenvalue weighted by molar-refractivity contribution is -0.144. The monoisotopic (exact) mass is 305 g/mol. The van der Waals surface area contributed by atoms with Crippen LogP contribution in [0.15, 0.2) is 18.2 Å². The molecule has 0 amide bonds. The Hall–Kier alpha value is -1.75. The molecule has 1 spiro atoms. The topological polar surface area (TPSA) is 59.0 Å². The molecule has 120 valence electrons. The van der Waals surface area contributed by atoms with Crippen LogP contribution in [0.1, 0.15) is 25.8 Å². The highest BCUT2D eigenvalue weighted by Crippen LogP contribution is 2.42. The molecule has 0 radical (unpaired) electrons. The molecule has 0 bridgehead atoms. The molecular weight excluding hydrogens is 282 g/mol. The molecule has 0 aromatic heterocycles. The van der Waals surface area contributed by atoms with Crippen LogP contribution in [0.2, 0.25) is 0 Å². The summed E-state index contributed by atoms with van der Waals surface area (Å²) in [7, 11) is 0. The number of esters is 1. The average Bonchev–Trinajstić information content (AvgIpc) is 2.76. The van der Waals surface area contributed by atoms with Crippen molar-refractivity contribution in [2.24, 2.45) is 5.92 Å². The van der Waals surface area contributed by atoms with E-state index in [1.54, 1.807) is 12.1 Å². The van der Waals surface area contributed by atoms with E-state index in [-0.39, 0.29) is 23.2 Å². The zero-order valence-corrected chi connectivity index (χ0v) is 13.2. The van der Waals surface area contributed by atoms with E-state index in [2.05, 4.69) is 11.8 Å². The molecule has 1 aromatic rings. The molecular formula is C17H23NO4. The Balaban J connectivity index is 1.48. The quantitative estimate of drug-likeness (QED) is 0.843. The second-order valence-electron chi connectivity index (χ2n) is 6.54. The lowest BCUT2D eigenvalue weighted by atomic mass is 9.88. The van der Waals surface area contributed by atoms with Crippen LogP contribution in [0.3, 0.4) is 0 Å². The minimum absolute atomic E-state index is 0.120. The average molecular weight is 305 g/mol. The van der Waals surface area contributed by atoms with Crippen molar-refractivity contribution in [1.82, 2.24) is 4.90 Å². The summed E-state index contributed by atoms with van der Waals surface area (Å²) in [5.74, 6) is 1.21. The number of phenolic OH excluding ortho intramolecular Hbond substituents is 1. The maximum Gasteiger partial charge on any atom is 0.306 e. The van der Waals surface area contributed by atoms with Crippen molar-refractivity contribution in [2.75, 3.05) is 26.2 Å². The van der Waals surface area contributed by atoms with Crippen LogP contribution in [0.25, 0.3) is 0 Å². The van der Waals surface area contributed by atoms with Gasteiger partial charge in [-0.3, -0.25) is 9.69 Å². The predicted molar refractivity (Wildman–Crippen MR) is 82.0 cm³/mol. The Labute approximate surface area is 130 Å². The summed E-state index contributed by atoms with van der Waals surface area (Å²) in [6.45, 7) is 6.97. The predicted octanol–water partition coefficient (Wildman–Crippen LogP) is 1.97. The first kappa shape index (κ1) is 15.2. The summed E-state index contributed by atoms with van der Waals surface area (Å²) in [5.41, 5.74) is 1.02. The van der Waals surface area contributed by atoms with Crippen molar-refractivity contribution < 1.29 is 19.4 Å². The summed E-state index contributed by atoms with van der Waals surface area (Å²) < 4.78 is 11.0. The SMILES string of the molecule is CCOC(=O)CC(C)CN1CC2(Cc3ccc(O)cc3O2)C1. The Morgan fingerprint density at radius 3 is 3.00 bits per heavy atom. The van der Waals surface area contributed by atoms with E-state index >= 15 is 0 Å². The summed E-state index contributed by atoms with van der Waals surface area (Å²) in [6, 6.07) is 5.33. The number of carbonyl (C=O) groups excluding carboxylic acids is 1. The molecule has 22 heavy (non-hydrogen) atoms. The van der Waals surface area contributed by atoms with E-state index in [1.807, 2.05) is 13.0 Å². The molecule has 1 atom stereocenters. The lowest BCUT2D eigenvalue weighted by Crippen LogP contribution is -2.65. The van der Waals surface area contributed by atoms with Crippen molar-refractivity contribution >= 4 is 5.97 Å². The van der Waals surface area contributed by atoms with Gasteiger partial charge in [0.05, 0.1) is 6.61 Å². The molecule has 2 aliphatic rings. The second kappa shape index (κ2) is 5.80. The van der Waals surface area contributed by atoms with E-state index in [1.165, 1.54) is 0 Å². The van der Waals surface area contributed by atoms with Crippen molar-refractivity contribution in [1.29, 1.82) is 0 Å².